The number of rotatable bonds is 3. The molecule has 5 aliphatic rings. The zero-order valence-electron chi connectivity index (χ0n) is 32.0. The van der Waals surface area contributed by atoms with E-state index in [9.17, 15) is 0 Å². The van der Waals surface area contributed by atoms with Crippen molar-refractivity contribution in [1.82, 2.24) is 14.5 Å². The highest BCUT2D eigenvalue weighted by atomic mass is 32.1. The normalized spacial score (nSPS) is 22.9. The van der Waals surface area contributed by atoms with Gasteiger partial charge in [-0.15, -0.1) is 11.3 Å². The van der Waals surface area contributed by atoms with Crippen LogP contribution in [-0.4, -0.2) is 14.5 Å². The molecule has 4 saturated carbocycles. The van der Waals surface area contributed by atoms with Crippen molar-refractivity contribution in [2.75, 3.05) is 0 Å². The fourth-order valence-corrected chi connectivity index (χ4v) is 14.2. The first kappa shape index (κ1) is 31.9. The Hall–Kier alpha value is -6.10. The number of aromatic nitrogens is 3. The first-order chi connectivity index (χ1) is 28.7. The van der Waals surface area contributed by atoms with Crippen LogP contribution in [0, 0.1) is 23.7 Å². The van der Waals surface area contributed by atoms with Crippen molar-refractivity contribution < 1.29 is 0 Å². The Labute approximate surface area is 340 Å². The van der Waals surface area contributed by atoms with Crippen LogP contribution in [-0.2, 0) is 5.41 Å². The summed E-state index contributed by atoms with van der Waals surface area (Å²) in [6.45, 7) is 0. The van der Waals surface area contributed by atoms with Gasteiger partial charge in [-0.05, 0) is 131 Å². The van der Waals surface area contributed by atoms with Crippen LogP contribution in [0.1, 0.15) is 43.2 Å². The van der Waals surface area contributed by atoms with Crippen LogP contribution in [0.3, 0.4) is 0 Å². The lowest BCUT2D eigenvalue weighted by Gasteiger charge is -2.61. The predicted molar refractivity (Wildman–Crippen MR) is 241 cm³/mol. The third kappa shape index (κ3) is 4.09. The van der Waals surface area contributed by atoms with Crippen LogP contribution in [0.5, 0.6) is 0 Å². The zero-order valence-corrected chi connectivity index (χ0v) is 32.8. The number of fused-ring (bicyclic) bond motifs is 12. The maximum absolute atomic E-state index is 5.32. The molecule has 0 amide bonds. The quantitative estimate of drug-likeness (QED) is 0.179. The van der Waals surface area contributed by atoms with Gasteiger partial charge in [-0.1, -0.05) is 109 Å². The standard InChI is InChI=1S/C54H39N3S/c1-2-11-34(12-3-1)51-48-42-15-7-9-17-46(42)58-53(48)56-52(55-51)35-18-21-38(22-19-35)57-44-24-20-33-10-4-5-13-39(33)47(44)49-45(57)25-23-41-40-14-6-8-16-43(40)54(50(41)49)36-27-31-26-32(29-36)30-37(54)28-31/h1-25,31-32,36-37H,26-30H2. The Bertz CT molecular complexity index is 3320. The molecular formula is C54H39N3S. The van der Waals surface area contributed by atoms with Crippen molar-refractivity contribution in [1.29, 1.82) is 0 Å². The summed E-state index contributed by atoms with van der Waals surface area (Å²) >= 11 is 1.75. The summed E-state index contributed by atoms with van der Waals surface area (Å²) in [6, 6.07) is 56.5. The molecule has 0 atom stereocenters. The Morgan fingerprint density at radius 2 is 1.21 bits per heavy atom. The van der Waals surface area contributed by atoms with Crippen molar-refractivity contribution in [3.63, 3.8) is 0 Å². The molecule has 0 unspecified atom stereocenters. The van der Waals surface area contributed by atoms with E-state index in [1.165, 1.54) is 91.6 Å². The third-order valence-corrected chi connectivity index (χ3v) is 16.1. The lowest BCUT2D eigenvalue weighted by atomic mass is 9.43. The first-order valence-corrected chi connectivity index (χ1v) is 22.0. The monoisotopic (exact) mass is 761 g/mol. The predicted octanol–water partition coefficient (Wildman–Crippen LogP) is 14.2. The molecule has 3 aromatic heterocycles. The van der Waals surface area contributed by atoms with Gasteiger partial charge < -0.3 is 4.57 Å². The minimum atomic E-state index is 0.0673. The molecule has 7 aromatic carbocycles. The van der Waals surface area contributed by atoms with E-state index in [2.05, 4.69) is 156 Å². The maximum atomic E-state index is 5.32. The van der Waals surface area contributed by atoms with E-state index in [1.54, 1.807) is 22.5 Å². The van der Waals surface area contributed by atoms with Crippen LogP contribution in [0.25, 0.3) is 92.3 Å². The van der Waals surface area contributed by atoms with E-state index in [4.69, 9.17) is 9.97 Å². The molecule has 4 heteroatoms. The topological polar surface area (TPSA) is 30.7 Å². The van der Waals surface area contributed by atoms with Crippen LogP contribution < -0.4 is 0 Å². The molecule has 4 bridgehead atoms. The molecule has 0 saturated heterocycles. The van der Waals surface area contributed by atoms with Crippen LogP contribution in [0.4, 0.5) is 0 Å². The average Bonchev–Trinajstić information content (AvgIpc) is 3.92. The summed E-state index contributed by atoms with van der Waals surface area (Å²) in [5, 5.41) is 7.88. The number of nitrogens with zero attached hydrogens (tertiary/aromatic N) is 3. The lowest BCUT2D eigenvalue weighted by molar-refractivity contribution is -0.0393. The summed E-state index contributed by atoms with van der Waals surface area (Å²) < 4.78 is 3.79. The second-order valence-electron chi connectivity index (χ2n) is 17.7. The average molecular weight is 762 g/mol. The fraction of sp³-hybridized carbons (Fsp3) is 0.185. The second kappa shape index (κ2) is 11.5. The van der Waals surface area contributed by atoms with Crippen molar-refractivity contribution in [3.05, 3.63) is 163 Å². The van der Waals surface area contributed by atoms with E-state index in [1.807, 2.05) is 0 Å². The van der Waals surface area contributed by atoms with Gasteiger partial charge in [0.1, 0.15) is 4.83 Å². The summed E-state index contributed by atoms with van der Waals surface area (Å²) in [4.78, 5) is 11.6. The van der Waals surface area contributed by atoms with Gasteiger partial charge in [-0.3, -0.25) is 0 Å². The first-order valence-electron chi connectivity index (χ1n) is 21.2. The second-order valence-corrected chi connectivity index (χ2v) is 18.7. The Morgan fingerprint density at radius 3 is 2.03 bits per heavy atom. The van der Waals surface area contributed by atoms with Crippen LogP contribution in [0.15, 0.2) is 152 Å². The molecule has 4 fully saturated rings. The summed E-state index contributed by atoms with van der Waals surface area (Å²) in [5.74, 6) is 3.96. The molecule has 0 aliphatic heterocycles. The zero-order chi connectivity index (χ0) is 37.7. The highest BCUT2D eigenvalue weighted by Gasteiger charge is 2.62. The van der Waals surface area contributed by atoms with Gasteiger partial charge >= 0.3 is 0 Å². The highest BCUT2D eigenvalue weighted by Crippen LogP contribution is 2.70. The van der Waals surface area contributed by atoms with E-state index >= 15 is 0 Å². The SMILES string of the molecule is c1ccc(-c2nc(-c3ccc(-n4c5ccc6c(c5c5c7ccccc7ccc54)C4(c5ccccc5-6)C5CC6CC(C5)CC4C6)cc3)nc3sc4ccccc4c23)cc1. The molecule has 3 heterocycles. The molecule has 10 aromatic rings. The van der Waals surface area contributed by atoms with Gasteiger partial charge in [0.05, 0.1) is 16.7 Å². The van der Waals surface area contributed by atoms with Crippen molar-refractivity contribution in [2.45, 2.75) is 37.5 Å². The molecule has 3 nitrogen and oxygen atoms in total. The minimum absolute atomic E-state index is 0.0673. The van der Waals surface area contributed by atoms with Crippen LogP contribution >= 0.6 is 11.3 Å². The minimum Gasteiger partial charge on any atom is -0.309 e. The molecule has 5 aliphatic carbocycles. The van der Waals surface area contributed by atoms with Gasteiger partial charge in [0.15, 0.2) is 5.82 Å². The lowest BCUT2D eigenvalue weighted by Crippen LogP contribution is -2.55. The fourth-order valence-electron chi connectivity index (χ4n) is 13.1. The highest BCUT2D eigenvalue weighted by molar-refractivity contribution is 7.25. The third-order valence-electron chi connectivity index (χ3n) is 15.0. The maximum Gasteiger partial charge on any atom is 0.161 e. The van der Waals surface area contributed by atoms with Gasteiger partial charge in [0.25, 0.3) is 0 Å². The Balaban J connectivity index is 1.01. The van der Waals surface area contributed by atoms with Crippen LogP contribution in [0.2, 0.25) is 0 Å². The molecule has 58 heavy (non-hydrogen) atoms. The number of hydrogen-bond acceptors (Lipinski definition) is 3. The van der Waals surface area contributed by atoms with Gasteiger partial charge in [-0.2, -0.15) is 0 Å². The largest absolute Gasteiger partial charge is 0.309 e. The van der Waals surface area contributed by atoms with Crippen molar-refractivity contribution in [3.8, 4) is 39.5 Å². The van der Waals surface area contributed by atoms with E-state index in [0.717, 1.165) is 44.7 Å². The molecular weight excluding hydrogens is 723 g/mol. The summed E-state index contributed by atoms with van der Waals surface area (Å²) in [6.07, 6.45) is 6.95. The smallest absolute Gasteiger partial charge is 0.161 e. The number of thiophene rings is 1. The Morgan fingerprint density at radius 1 is 0.517 bits per heavy atom. The number of benzene rings is 7. The molecule has 276 valence electrons. The van der Waals surface area contributed by atoms with E-state index < -0.39 is 0 Å². The van der Waals surface area contributed by atoms with E-state index in [0.29, 0.717) is 11.8 Å². The van der Waals surface area contributed by atoms with Crippen molar-refractivity contribution >= 4 is 64.2 Å². The number of hydrogen-bond donors (Lipinski definition) is 0. The van der Waals surface area contributed by atoms with Gasteiger partial charge in [-0.25, -0.2) is 9.97 Å². The Kier molecular flexibility index (Phi) is 6.34. The molecule has 0 radical (unpaired) electrons. The van der Waals surface area contributed by atoms with Gasteiger partial charge in [0.2, 0.25) is 0 Å². The van der Waals surface area contributed by atoms with Crippen molar-refractivity contribution in [2.24, 2.45) is 23.7 Å². The van der Waals surface area contributed by atoms with E-state index in [-0.39, 0.29) is 5.41 Å². The molecule has 15 rings (SSSR count). The van der Waals surface area contributed by atoms with Gasteiger partial charge in [0, 0.05) is 48.5 Å². The summed E-state index contributed by atoms with van der Waals surface area (Å²) in [7, 11) is 0. The molecule has 1 spiro atoms. The summed E-state index contributed by atoms with van der Waals surface area (Å²) in [5.41, 5.74) is 13.1. The molecule has 0 N–H and O–H groups in total.